The molecule has 1 aliphatic carbocycles. The van der Waals surface area contributed by atoms with Crippen LogP contribution in [0.25, 0.3) is 0 Å². The van der Waals surface area contributed by atoms with E-state index in [0.717, 1.165) is 5.56 Å². The fourth-order valence-electron chi connectivity index (χ4n) is 3.46. The zero-order chi connectivity index (χ0) is 18.4. The van der Waals surface area contributed by atoms with Gasteiger partial charge in [-0.05, 0) is 36.8 Å². The van der Waals surface area contributed by atoms with Crippen LogP contribution in [0.2, 0.25) is 0 Å². The summed E-state index contributed by atoms with van der Waals surface area (Å²) in [5, 5.41) is 8.51. The van der Waals surface area contributed by atoms with Gasteiger partial charge in [-0.2, -0.15) is 0 Å². The van der Waals surface area contributed by atoms with E-state index in [4.69, 9.17) is 5.73 Å². The number of carboxylic acid groups (broad SMARTS) is 1. The Hall–Kier alpha value is -2.25. The first-order valence-corrected chi connectivity index (χ1v) is 9.29. The van der Waals surface area contributed by atoms with E-state index in [1.807, 2.05) is 6.92 Å². The fourth-order valence-corrected chi connectivity index (χ4v) is 5.85. The van der Waals surface area contributed by atoms with Gasteiger partial charge in [-0.1, -0.05) is 29.8 Å². The molecule has 0 spiro atoms. The van der Waals surface area contributed by atoms with Crippen molar-refractivity contribution in [1.82, 2.24) is 0 Å². The van der Waals surface area contributed by atoms with Crippen molar-refractivity contribution in [2.75, 3.05) is 6.54 Å². The van der Waals surface area contributed by atoms with E-state index in [-0.39, 0.29) is 11.4 Å². The molecule has 1 aliphatic rings. The molecule has 0 saturated heterocycles. The van der Waals surface area contributed by atoms with Gasteiger partial charge in [0.2, 0.25) is 0 Å². The molecule has 7 heteroatoms. The van der Waals surface area contributed by atoms with Crippen LogP contribution >= 0.6 is 0 Å². The summed E-state index contributed by atoms with van der Waals surface area (Å²) >= 11 is 0. The lowest BCUT2D eigenvalue weighted by Crippen LogP contribution is -2.31. The topological polar surface area (TPSA) is 97.5 Å². The van der Waals surface area contributed by atoms with Crippen molar-refractivity contribution >= 4 is 15.8 Å². The Balaban J connectivity index is 2.10. The minimum absolute atomic E-state index is 0.0618. The quantitative estimate of drug-likeness (QED) is 0.848. The highest BCUT2D eigenvalue weighted by Gasteiger charge is 2.75. The summed E-state index contributed by atoms with van der Waals surface area (Å²) in [4.78, 5) is 12.0. The van der Waals surface area contributed by atoms with Crippen LogP contribution in [-0.4, -0.2) is 31.3 Å². The fraction of sp³-hybridized carbons (Fsp3) is 0.278. The van der Waals surface area contributed by atoms with Crippen molar-refractivity contribution in [3.63, 3.8) is 0 Å². The van der Waals surface area contributed by atoms with Crippen LogP contribution in [-0.2, 0) is 14.6 Å². The Morgan fingerprint density at radius 1 is 1.16 bits per heavy atom. The molecule has 2 aromatic rings. The number of carbonyl (C=O) groups is 1. The molecule has 132 valence electrons. The first kappa shape index (κ1) is 17.6. The SMILES string of the molecule is Cc1ccc(S(=O)(=O)[C@@H]2[C@@H](c3ccc(F)cc3)[C@@]2(CN)C(=O)O)cc1. The minimum atomic E-state index is -3.91. The number of hydrogen-bond acceptors (Lipinski definition) is 4. The number of benzene rings is 2. The standard InChI is InChI=1S/C18H18FNO4S/c1-11-2-8-14(9-3-11)25(23,24)16-15(18(16,10-20)17(21)22)12-4-6-13(19)7-5-12/h2-9,15-16H,10,20H2,1H3,(H,21,22)/t15-,16-,18-/m1/s1. The molecule has 0 unspecified atom stereocenters. The largest absolute Gasteiger partial charge is 0.481 e. The highest BCUT2D eigenvalue weighted by Crippen LogP contribution is 2.63. The van der Waals surface area contributed by atoms with Gasteiger partial charge in [0.25, 0.3) is 0 Å². The van der Waals surface area contributed by atoms with Crippen LogP contribution in [0.1, 0.15) is 17.0 Å². The van der Waals surface area contributed by atoms with E-state index < -0.39 is 38.2 Å². The second kappa shape index (κ2) is 5.93. The third-order valence-electron chi connectivity index (χ3n) is 4.91. The molecule has 25 heavy (non-hydrogen) atoms. The lowest BCUT2D eigenvalue weighted by atomic mass is 9.99. The van der Waals surface area contributed by atoms with Gasteiger partial charge in [0, 0.05) is 12.5 Å². The van der Waals surface area contributed by atoms with Crippen LogP contribution in [0.5, 0.6) is 0 Å². The number of nitrogens with two attached hydrogens (primary N) is 1. The lowest BCUT2D eigenvalue weighted by Gasteiger charge is -2.10. The van der Waals surface area contributed by atoms with E-state index in [9.17, 15) is 22.7 Å². The number of hydrogen-bond donors (Lipinski definition) is 2. The Bertz CT molecular complexity index is 909. The lowest BCUT2D eigenvalue weighted by molar-refractivity contribution is -0.143. The highest BCUT2D eigenvalue weighted by molar-refractivity contribution is 7.92. The van der Waals surface area contributed by atoms with Gasteiger partial charge in [0.05, 0.1) is 10.1 Å². The Morgan fingerprint density at radius 2 is 1.72 bits per heavy atom. The summed E-state index contributed by atoms with van der Waals surface area (Å²) in [6.45, 7) is 1.51. The predicted molar refractivity (Wildman–Crippen MR) is 90.4 cm³/mol. The van der Waals surface area contributed by atoms with E-state index in [2.05, 4.69) is 0 Å². The minimum Gasteiger partial charge on any atom is -0.481 e. The Kier molecular flexibility index (Phi) is 4.17. The molecule has 0 heterocycles. The Labute approximate surface area is 145 Å². The number of rotatable bonds is 5. The van der Waals surface area contributed by atoms with Crippen LogP contribution in [0, 0.1) is 18.2 Å². The second-order valence-electron chi connectivity index (χ2n) is 6.36. The number of aryl methyl sites for hydroxylation is 1. The van der Waals surface area contributed by atoms with E-state index in [0.29, 0.717) is 5.56 Å². The van der Waals surface area contributed by atoms with Crippen molar-refractivity contribution in [3.8, 4) is 0 Å². The van der Waals surface area contributed by atoms with Crippen LogP contribution in [0.4, 0.5) is 4.39 Å². The van der Waals surface area contributed by atoms with Gasteiger partial charge in [-0.25, -0.2) is 12.8 Å². The highest BCUT2D eigenvalue weighted by atomic mass is 32.2. The molecule has 0 bridgehead atoms. The molecular weight excluding hydrogens is 345 g/mol. The molecule has 2 aromatic carbocycles. The Morgan fingerprint density at radius 3 is 2.20 bits per heavy atom. The van der Waals surface area contributed by atoms with E-state index in [1.54, 1.807) is 12.1 Å². The van der Waals surface area contributed by atoms with Gasteiger partial charge in [-0.3, -0.25) is 4.79 Å². The molecule has 5 nitrogen and oxygen atoms in total. The maximum Gasteiger partial charge on any atom is 0.312 e. The summed E-state index contributed by atoms with van der Waals surface area (Å²) in [7, 11) is -3.91. The van der Waals surface area contributed by atoms with Crippen molar-refractivity contribution in [1.29, 1.82) is 0 Å². The van der Waals surface area contributed by atoms with Crippen LogP contribution in [0.15, 0.2) is 53.4 Å². The molecule has 0 amide bonds. The molecule has 3 atom stereocenters. The summed E-state index contributed by atoms with van der Waals surface area (Å²) < 4.78 is 39.3. The van der Waals surface area contributed by atoms with Gasteiger partial charge in [0.1, 0.15) is 11.2 Å². The van der Waals surface area contributed by atoms with Crippen molar-refractivity contribution in [2.45, 2.75) is 23.0 Å². The number of carboxylic acids is 1. The average molecular weight is 363 g/mol. The maximum atomic E-state index is 13.2. The second-order valence-corrected chi connectivity index (χ2v) is 8.43. The third kappa shape index (κ3) is 2.63. The summed E-state index contributed by atoms with van der Waals surface area (Å²) in [6.07, 6.45) is 0. The molecule has 0 aliphatic heterocycles. The zero-order valence-corrected chi connectivity index (χ0v) is 14.3. The van der Waals surface area contributed by atoms with Crippen molar-refractivity contribution in [2.24, 2.45) is 11.1 Å². The first-order valence-electron chi connectivity index (χ1n) is 7.74. The normalized spacial score (nSPS) is 25.6. The van der Waals surface area contributed by atoms with E-state index in [1.165, 1.54) is 36.4 Å². The van der Waals surface area contributed by atoms with Gasteiger partial charge < -0.3 is 10.8 Å². The smallest absolute Gasteiger partial charge is 0.312 e. The molecule has 3 rings (SSSR count). The van der Waals surface area contributed by atoms with Gasteiger partial charge >= 0.3 is 5.97 Å². The van der Waals surface area contributed by atoms with Crippen molar-refractivity contribution < 1.29 is 22.7 Å². The van der Waals surface area contributed by atoms with E-state index >= 15 is 0 Å². The monoisotopic (exact) mass is 363 g/mol. The summed E-state index contributed by atoms with van der Waals surface area (Å²) in [5.41, 5.74) is 5.44. The zero-order valence-electron chi connectivity index (χ0n) is 13.5. The average Bonchev–Trinajstić information content (AvgIpc) is 3.27. The molecule has 0 aromatic heterocycles. The molecule has 0 radical (unpaired) electrons. The molecule has 1 saturated carbocycles. The predicted octanol–water partition coefficient (Wildman–Crippen LogP) is 2.10. The van der Waals surface area contributed by atoms with Gasteiger partial charge in [-0.15, -0.1) is 0 Å². The summed E-state index contributed by atoms with van der Waals surface area (Å²) in [6, 6.07) is 11.5. The number of halogens is 1. The van der Waals surface area contributed by atoms with Crippen LogP contribution in [0.3, 0.4) is 0 Å². The maximum absolute atomic E-state index is 13.2. The number of aliphatic carboxylic acids is 1. The van der Waals surface area contributed by atoms with Crippen LogP contribution < -0.4 is 5.73 Å². The third-order valence-corrected chi connectivity index (χ3v) is 7.20. The first-order chi connectivity index (χ1) is 11.7. The molecule has 3 N–H and O–H groups in total. The molecule has 1 fully saturated rings. The molecular formula is C18H18FNO4S. The summed E-state index contributed by atoms with van der Waals surface area (Å²) in [5.74, 6) is -2.55. The van der Waals surface area contributed by atoms with Crippen molar-refractivity contribution in [3.05, 3.63) is 65.5 Å². The van der Waals surface area contributed by atoms with Gasteiger partial charge in [0.15, 0.2) is 9.84 Å². The number of sulfone groups is 1.